The molecule has 31 heavy (non-hydrogen) atoms. The van der Waals surface area contributed by atoms with E-state index < -0.39 is 0 Å². The summed E-state index contributed by atoms with van der Waals surface area (Å²) in [5.41, 5.74) is 4.71. The largest absolute Gasteiger partial charge is 0.370 e. The third-order valence-corrected chi connectivity index (χ3v) is 6.97. The van der Waals surface area contributed by atoms with E-state index in [1.165, 1.54) is 44.3 Å². The normalized spacial score (nSPS) is 16.9. The molecular formula is C25H27BrN4O. The van der Waals surface area contributed by atoms with Crippen LogP contribution < -0.4 is 10.2 Å². The minimum absolute atomic E-state index is 0.113. The Bertz CT molecular complexity index is 1100. The van der Waals surface area contributed by atoms with E-state index in [1.807, 2.05) is 36.5 Å². The van der Waals surface area contributed by atoms with Gasteiger partial charge >= 0.3 is 0 Å². The molecule has 5 nitrogen and oxygen atoms in total. The van der Waals surface area contributed by atoms with Gasteiger partial charge in [-0.25, -0.2) is 0 Å². The Morgan fingerprint density at radius 3 is 2.52 bits per heavy atom. The van der Waals surface area contributed by atoms with E-state index in [9.17, 15) is 4.79 Å². The lowest BCUT2D eigenvalue weighted by Gasteiger charge is -2.23. The molecule has 0 aliphatic carbocycles. The molecule has 0 bridgehead atoms. The smallest absolute Gasteiger partial charge is 0.256 e. The number of benzene rings is 2. The van der Waals surface area contributed by atoms with Gasteiger partial charge in [0, 0.05) is 35.7 Å². The monoisotopic (exact) mass is 478 g/mol. The van der Waals surface area contributed by atoms with Crippen molar-refractivity contribution in [3.63, 3.8) is 0 Å². The number of anilines is 2. The molecule has 0 radical (unpaired) electrons. The first-order chi connectivity index (χ1) is 15.2. The highest BCUT2D eigenvalue weighted by molar-refractivity contribution is 9.10. The molecule has 1 N–H and O–H groups in total. The van der Waals surface area contributed by atoms with Crippen LogP contribution >= 0.6 is 15.9 Å². The van der Waals surface area contributed by atoms with Gasteiger partial charge in [0.05, 0.1) is 22.5 Å². The first-order valence-electron chi connectivity index (χ1n) is 11.1. The Hall–Kier alpha value is -2.44. The highest BCUT2D eigenvalue weighted by Crippen LogP contribution is 2.34. The van der Waals surface area contributed by atoms with Crippen LogP contribution in [0, 0.1) is 0 Å². The zero-order valence-corrected chi connectivity index (χ0v) is 19.2. The summed E-state index contributed by atoms with van der Waals surface area (Å²) in [4.78, 5) is 22.6. The Kier molecular flexibility index (Phi) is 5.92. The first-order valence-corrected chi connectivity index (χ1v) is 11.9. The lowest BCUT2D eigenvalue weighted by Crippen LogP contribution is -2.21. The predicted molar refractivity (Wildman–Crippen MR) is 130 cm³/mol. The van der Waals surface area contributed by atoms with Crippen LogP contribution in [-0.2, 0) is 6.54 Å². The van der Waals surface area contributed by atoms with Gasteiger partial charge in [0.15, 0.2) is 0 Å². The van der Waals surface area contributed by atoms with E-state index in [1.54, 1.807) is 0 Å². The third-order valence-electron chi connectivity index (χ3n) is 6.27. The molecule has 2 fully saturated rings. The van der Waals surface area contributed by atoms with E-state index in [-0.39, 0.29) is 5.91 Å². The molecule has 6 heteroatoms. The average Bonchev–Trinajstić information content (AvgIpc) is 3.48. The topological polar surface area (TPSA) is 48.5 Å². The zero-order chi connectivity index (χ0) is 21.2. The van der Waals surface area contributed by atoms with Crippen LogP contribution in [0.3, 0.4) is 0 Å². The SMILES string of the molecule is O=C(Nc1cc2ncc(CN3CCCC3)cc2cc1N1CCCC1)c1ccccc1Br. The fourth-order valence-corrected chi connectivity index (χ4v) is 5.11. The lowest BCUT2D eigenvalue weighted by molar-refractivity contribution is 0.102. The Labute approximate surface area is 191 Å². The molecule has 0 saturated carbocycles. The average molecular weight is 479 g/mol. The van der Waals surface area contributed by atoms with Crippen molar-refractivity contribution in [3.05, 3.63) is 64.3 Å². The second-order valence-corrected chi connectivity index (χ2v) is 9.37. The second-order valence-electron chi connectivity index (χ2n) is 8.52. The van der Waals surface area contributed by atoms with Crippen LogP contribution in [-0.4, -0.2) is 42.0 Å². The number of hydrogen-bond donors (Lipinski definition) is 1. The van der Waals surface area contributed by atoms with E-state index >= 15 is 0 Å². The summed E-state index contributed by atoms with van der Waals surface area (Å²) in [6, 6.07) is 14.0. The first kappa shape index (κ1) is 20.5. The Morgan fingerprint density at radius 2 is 1.74 bits per heavy atom. The highest BCUT2D eigenvalue weighted by atomic mass is 79.9. The molecule has 0 atom stereocenters. The zero-order valence-electron chi connectivity index (χ0n) is 17.6. The summed E-state index contributed by atoms with van der Waals surface area (Å²) in [6.45, 7) is 5.35. The number of hydrogen-bond acceptors (Lipinski definition) is 4. The summed E-state index contributed by atoms with van der Waals surface area (Å²) >= 11 is 3.49. The summed E-state index contributed by atoms with van der Waals surface area (Å²) in [5, 5.41) is 4.29. The van der Waals surface area contributed by atoms with Gasteiger partial charge in [0.2, 0.25) is 0 Å². The number of aromatic nitrogens is 1. The number of pyridine rings is 1. The van der Waals surface area contributed by atoms with Gasteiger partial charge in [-0.15, -0.1) is 0 Å². The van der Waals surface area contributed by atoms with E-state index in [4.69, 9.17) is 4.98 Å². The van der Waals surface area contributed by atoms with Crippen LogP contribution in [0.2, 0.25) is 0 Å². The van der Waals surface area contributed by atoms with Crippen LogP contribution in [0.4, 0.5) is 11.4 Å². The van der Waals surface area contributed by atoms with Crippen molar-refractivity contribution in [3.8, 4) is 0 Å². The van der Waals surface area contributed by atoms with Crippen molar-refractivity contribution < 1.29 is 4.79 Å². The number of fused-ring (bicyclic) bond motifs is 1. The molecule has 160 valence electrons. The van der Waals surface area contributed by atoms with Gasteiger partial charge in [-0.2, -0.15) is 0 Å². The molecule has 0 spiro atoms. The molecule has 2 aromatic carbocycles. The Morgan fingerprint density at radius 1 is 1.00 bits per heavy atom. The number of likely N-dealkylation sites (tertiary alicyclic amines) is 1. The summed E-state index contributed by atoms with van der Waals surface area (Å²) in [6.07, 6.45) is 6.93. The quantitative estimate of drug-likeness (QED) is 0.529. The van der Waals surface area contributed by atoms with Gasteiger partial charge in [0.1, 0.15) is 0 Å². The molecule has 3 heterocycles. The summed E-state index contributed by atoms with van der Waals surface area (Å²) in [7, 11) is 0. The van der Waals surface area contributed by atoms with Crippen molar-refractivity contribution in [2.24, 2.45) is 0 Å². The maximum absolute atomic E-state index is 13.0. The van der Waals surface area contributed by atoms with Crippen LogP contribution in [0.5, 0.6) is 0 Å². The molecule has 3 aromatic rings. The number of carbonyl (C=O) groups is 1. The van der Waals surface area contributed by atoms with Crippen LogP contribution in [0.25, 0.3) is 10.9 Å². The van der Waals surface area contributed by atoms with Crippen LogP contribution in [0.1, 0.15) is 41.6 Å². The predicted octanol–water partition coefficient (Wildman–Crippen LogP) is 5.45. The molecule has 1 aromatic heterocycles. The van der Waals surface area contributed by atoms with Crippen molar-refractivity contribution in [2.75, 3.05) is 36.4 Å². The second kappa shape index (κ2) is 8.97. The van der Waals surface area contributed by atoms with Crippen molar-refractivity contribution in [1.29, 1.82) is 0 Å². The maximum atomic E-state index is 13.0. The molecule has 2 saturated heterocycles. The minimum atomic E-state index is -0.113. The molecule has 1 amide bonds. The fourth-order valence-electron chi connectivity index (χ4n) is 4.65. The van der Waals surface area contributed by atoms with Gasteiger partial charge < -0.3 is 10.2 Å². The summed E-state index contributed by atoms with van der Waals surface area (Å²) < 4.78 is 0.792. The van der Waals surface area contributed by atoms with Crippen molar-refractivity contribution >= 4 is 44.1 Å². The van der Waals surface area contributed by atoms with E-state index in [2.05, 4.69) is 43.2 Å². The fraction of sp³-hybridized carbons (Fsp3) is 0.360. The number of nitrogens with one attached hydrogen (secondary N) is 1. The Balaban J connectivity index is 1.49. The number of amides is 1. The lowest BCUT2D eigenvalue weighted by atomic mass is 10.1. The minimum Gasteiger partial charge on any atom is -0.370 e. The van der Waals surface area contributed by atoms with E-state index in [0.29, 0.717) is 5.56 Å². The number of rotatable bonds is 5. The highest BCUT2D eigenvalue weighted by Gasteiger charge is 2.20. The summed E-state index contributed by atoms with van der Waals surface area (Å²) in [5.74, 6) is -0.113. The third kappa shape index (κ3) is 4.46. The van der Waals surface area contributed by atoms with Crippen LogP contribution in [0.15, 0.2) is 53.1 Å². The van der Waals surface area contributed by atoms with Gasteiger partial charge in [0.25, 0.3) is 5.91 Å². The standard InChI is InChI=1S/C25H27BrN4O/c26-21-8-2-1-7-20(21)25(31)28-23-15-22-19(14-24(23)30-11-5-6-12-30)13-18(16-27-22)17-29-9-3-4-10-29/h1-2,7-8,13-16H,3-6,9-12,17H2,(H,28,31). The van der Waals surface area contributed by atoms with Gasteiger partial charge in [-0.3, -0.25) is 14.7 Å². The van der Waals surface area contributed by atoms with Gasteiger partial charge in [-0.05, 0) is 90.6 Å². The number of nitrogens with zero attached hydrogens (tertiary/aromatic N) is 3. The maximum Gasteiger partial charge on any atom is 0.256 e. The number of halogens is 1. The molecule has 5 rings (SSSR count). The van der Waals surface area contributed by atoms with Crippen molar-refractivity contribution in [2.45, 2.75) is 32.2 Å². The van der Waals surface area contributed by atoms with Crippen molar-refractivity contribution in [1.82, 2.24) is 9.88 Å². The van der Waals surface area contributed by atoms with E-state index in [0.717, 1.165) is 46.4 Å². The molecule has 2 aliphatic rings. The molecule has 2 aliphatic heterocycles. The van der Waals surface area contributed by atoms with Gasteiger partial charge in [-0.1, -0.05) is 12.1 Å². The number of carbonyl (C=O) groups excluding carboxylic acids is 1. The molecular weight excluding hydrogens is 452 g/mol. The molecule has 0 unspecified atom stereocenters.